The minimum Gasteiger partial charge on any atom is -0.467 e. The average molecular weight is 305 g/mol. The van der Waals surface area contributed by atoms with Gasteiger partial charge in [-0.15, -0.1) is 0 Å². The fraction of sp³-hybridized carbons (Fsp3) is 0.375. The van der Waals surface area contributed by atoms with Gasteiger partial charge in [0.15, 0.2) is 0 Å². The van der Waals surface area contributed by atoms with E-state index >= 15 is 0 Å². The van der Waals surface area contributed by atoms with Gasteiger partial charge in [0, 0.05) is 23.5 Å². The van der Waals surface area contributed by atoms with Crippen molar-refractivity contribution in [2.45, 2.75) is 19.9 Å². The molecule has 6 nitrogen and oxygen atoms in total. The molecule has 0 saturated carbocycles. The number of nitrogens with one attached hydrogen (secondary N) is 3. The highest BCUT2D eigenvalue weighted by molar-refractivity contribution is 5.87. The molecule has 0 saturated heterocycles. The van der Waals surface area contributed by atoms with E-state index in [1.54, 1.807) is 7.05 Å². The lowest BCUT2D eigenvalue weighted by molar-refractivity contribution is -0.144. The number of aromatic amines is 1. The fourth-order valence-electron chi connectivity index (χ4n) is 2.26. The first-order valence-electron chi connectivity index (χ1n) is 6.72. The summed E-state index contributed by atoms with van der Waals surface area (Å²) < 4.78 is 4.77. The molecule has 0 bridgehead atoms. The van der Waals surface area contributed by atoms with Gasteiger partial charge in [0.2, 0.25) is 5.91 Å². The summed E-state index contributed by atoms with van der Waals surface area (Å²) in [5, 5.41) is 6.47. The van der Waals surface area contributed by atoms with Crippen LogP contribution < -0.4 is 10.6 Å². The van der Waals surface area contributed by atoms with Crippen LogP contribution in [0.5, 0.6) is 0 Å². The van der Waals surface area contributed by atoms with E-state index in [-0.39, 0.29) is 19.9 Å². The number of benzene rings is 1. The summed E-state index contributed by atoms with van der Waals surface area (Å²) in [5.74, 6) is -0.697. The van der Waals surface area contributed by atoms with Crippen LogP contribution in [-0.4, -0.2) is 43.6 Å². The Balaban J connectivity index is 0.00000242. The van der Waals surface area contributed by atoms with Gasteiger partial charge in [-0.2, -0.15) is 0 Å². The summed E-state index contributed by atoms with van der Waals surface area (Å²) in [7, 11) is 2.99. The van der Waals surface area contributed by atoms with Gasteiger partial charge in [-0.25, -0.2) is 4.79 Å². The Hall–Kier alpha value is -2.34. The molecule has 0 fully saturated rings. The van der Waals surface area contributed by atoms with Crippen molar-refractivity contribution in [3.8, 4) is 0 Å². The lowest BCUT2D eigenvalue weighted by Gasteiger charge is -2.16. The third-order valence-corrected chi connectivity index (χ3v) is 3.26. The van der Waals surface area contributed by atoms with Gasteiger partial charge in [-0.05, 0) is 18.7 Å². The van der Waals surface area contributed by atoms with Crippen molar-refractivity contribution in [3.63, 3.8) is 0 Å². The van der Waals surface area contributed by atoms with Crippen LogP contribution in [0, 0.1) is 0 Å². The second kappa shape index (κ2) is 8.19. The molecule has 120 valence electrons. The quantitative estimate of drug-likeness (QED) is 0.701. The standard InChI is InChI=1S/C15H19N3O3.CH4/c1-16-9-14(19)18-13(15(20)21-2)7-10-8-17-12-6-4-3-5-11(10)12;/h3-6,8,13,16-17H,7,9H2,1-2H3,(H,18,19);1H4. The minimum absolute atomic E-state index is 0. The molecule has 0 aliphatic rings. The number of aromatic nitrogens is 1. The number of methoxy groups -OCH3 is 1. The van der Waals surface area contributed by atoms with Crippen molar-refractivity contribution >= 4 is 22.8 Å². The van der Waals surface area contributed by atoms with Crippen LogP contribution >= 0.6 is 0 Å². The molecule has 2 aromatic rings. The van der Waals surface area contributed by atoms with E-state index in [0.717, 1.165) is 16.5 Å². The highest BCUT2D eigenvalue weighted by Gasteiger charge is 2.22. The molecule has 2 rings (SSSR count). The first-order chi connectivity index (χ1) is 10.2. The predicted octanol–water partition coefficient (Wildman–Crippen LogP) is 1.22. The number of ether oxygens (including phenoxy) is 1. The number of hydrogen-bond donors (Lipinski definition) is 3. The van der Waals surface area contributed by atoms with E-state index in [1.807, 2.05) is 30.5 Å². The van der Waals surface area contributed by atoms with Crippen molar-refractivity contribution in [1.29, 1.82) is 0 Å². The molecule has 1 unspecified atom stereocenters. The van der Waals surface area contributed by atoms with Gasteiger partial charge in [0.25, 0.3) is 0 Å². The third-order valence-electron chi connectivity index (χ3n) is 3.26. The zero-order valence-corrected chi connectivity index (χ0v) is 12.1. The zero-order valence-electron chi connectivity index (χ0n) is 12.1. The summed E-state index contributed by atoms with van der Waals surface area (Å²) in [6, 6.07) is 7.12. The van der Waals surface area contributed by atoms with Crippen molar-refractivity contribution in [2.24, 2.45) is 0 Å². The summed E-state index contributed by atoms with van der Waals surface area (Å²) in [6.07, 6.45) is 2.23. The molecular weight excluding hydrogens is 282 g/mol. The molecule has 1 heterocycles. The van der Waals surface area contributed by atoms with E-state index < -0.39 is 12.0 Å². The molecule has 1 amide bonds. The summed E-state index contributed by atoms with van der Waals surface area (Å²) in [5.41, 5.74) is 1.96. The number of hydrogen-bond acceptors (Lipinski definition) is 4. The number of para-hydroxylation sites is 1. The lowest BCUT2D eigenvalue weighted by atomic mass is 10.0. The number of fused-ring (bicyclic) bond motifs is 1. The average Bonchev–Trinajstić information content (AvgIpc) is 2.89. The van der Waals surface area contributed by atoms with Gasteiger partial charge in [-0.3, -0.25) is 4.79 Å². The molecule has 3 N–H and O–H groups in total. The first-order valence-corrected chi connectivity index (χ1v) is 6.72. The number of carbonyl (C=O) groups is 2. The summed E-state index contributed by atoms with van der Waals surface area (Å²) in [4.78, 5) is 26.7. The number of carbonyl (C=O) groups excluding carboxylic acids is 2. The topological polar surface area (TPSA) is 83.2 Å². The van der Waals surface area contributed by atoms with Crippen molar-refractivity contribution in [1.82, 2.24) is 15.6 Å². The highest BCUT2D eigenvalue weighted by atomic mass is 16.5. The molecule has 0 spiro atoms. The van der Waals surface area contributed by atoms with Crippen LogP contribution in [0.25, 0.3) is 10.9 Å². The Bertz CT molecular complexity index is 636. The molecule has 6 heteroatoms. The zero-order chi connectivity index (χ0) is 15.2. The smallest absolute Gasteiger partial charge is 0.328 e. The van der Waals surface area contributed by atoms with E-state index in [0.29, 0.717) is 6.42 Å². The van der Waals surface area contributed by atoms with Gasteiger partial charge in [0.05, 0.1) is 13.7 Å². The van der Waals surface area contributed by atoms with E-state index in [1.165, 1.54) is 7.11 Å². The number of likely N-dealkylation sites (N-methyl/N-ethyl adjacent to an activating group) is 1. The second-order valence-electron chi connectivity index (χ2n) is 4.74. The van der Waals surface area contributed by atoms with Crippen LogP contribution in [0.2, 0.25) is 0 Å². The maximum atomic E-state index is 11.8. The van der Waals surface area contributed by atoms with Gasteiger partial charge in [0.1, 0.15) is 6.04 Å². The normalized spacial score (nSPS) is 11.5. The first kappa shape index (κ1) is 17.7. The largest absolute Gasteiger partial charge is 0.467 e. The summed E-state index contributed by atoms with van der Waals surface area (Å²) >= 11 is 0. The van der Waals surface area contributed by atoms with Crippen LogP contribution in [0.4, 0.5) is 0 Å². The molecule has 0 aliphatic carbocycles. The summed E-state index contributed by atoms with van der Waals surface area (Å²) in [6.45, 7) is 0.154. The van der Waals surface area contributed by atoms with Crippen LogP contribution in [0.15, 0.2) is 30.5 Å². The molecule has 0 aliphatic heterocycles. The predicted molar refractivity (Wildman–Crippen MR) is 86.6 cm³/mol. The van der Waals surface area contributed by atoms with E-state index in [4.69, 9.17) is 4.74 Å². The Morgan fingerprint density at radius 3 is 2.73 bits per heavy atom. The monoisotopic (exact) mass is 305 g/mol. The number of amides is 1. The van der Waals surface area contributed by atoms with Crippen molar-refractivity contribution in [3.05, 3.63) is 36.0 Å². The Kier molecular flexibility index (Phi) is 6.59. The van der Waals surface area contributed by atoms with Crippen LogP contribution in [0.1, 0.15) is 13.0 Å². The van der Waals surface area contributed by atoms with Gasteiger partial charge >= 0.3 is 5.97 Å². The van der Waals surface area contributed by atoms with Crippen molar-refractivity contribution < 1.29 is 14.3 Å². The minimum atomic E-state index is -0.699. The second-order valence-corrected chi connectivity index (χ2v) is 4.74. The van der Waals surface area contributed by atoms with E-state index in [9.17, 15) is 9.59 Å². The molecular formula is C16H23N3O3. The Morgan fingerprint density at radius 2 is 2.05 bits per heavy atom. The van der Waals surface area contributed by atoms with Crippen LogP contribution in [0.3, 0.4) is 0 Å². The van der Waals surface area contributed by atoms with Crippen molar-refractivity contribution in [2.75, 3.05) is 20.7 Å². The number of H-pyrrole nitrogens is 1. The molecule has 1 atom stereocenters. The highest BCUT2D eigenvalue weighted by Crippen LogP contribution is 2.19. The Labute approximate surface area is 130 Å². The third kappa shape index (κ3) is 4.08. The van der Waals surface area contributed by atoms with Gasteiger partial charge in [-0.1, -0.05) is 25.6 Å². The fourth-order valence-corrected chi connectivity index (χ4v) is 2.26. The maximum absolute atomic E-state index is 11.8. The van der Waals surface area contributed by atoms with Crippen LogP contribution in [-0.2, 0) is 20.7 Å². The van der Waals surface area contributed by atoms with E-state index in [2.05, 4.69) is 15.6 Å². The lowest BCUT2D eigenvalue weighted by Crippen LogP contribution is -2.45. The molecule has 1 aromatic heterocycles. The molecule has 1 aromatic carbocycles. The maximum Gasteiger partial charge on any atom is 0.328 e. The SMILES string of the molecule is C.CNCC(=O)NC(Cc1c[nH]c2ccccc12)C(=O)OC. The number of rotatable bonds is 6. The molecule has 0 radical (unpaired) electrons. The Morgan fingerprint density at radius 1 is 1.32 bits per heavy atom. The molecule has 22 heavy (non-hydrogen) atoms. The number of esters is 1. The van der Waals surface area contributed by atoms with Gasteiger partial charge < -0.3 is 20.4 Å².